The summed E-state index contributed by atoms with van der Waals surface area (Å²) in [7, 11) is 1.70. The van der Waals surface area contributed by atoms with Crippen molar-refractivity contribution in [2.45, 2.75) is 19.9 Å². The molecule has 0 radical (unpaired) electrons. The van der Waals surface area contributed by atoms with Crippen molar-refractivity contribution in [3.05, 3.63) is 68.7 Å². The van der Waals surface area contributed by atoms with Gasteiger partial charge in [0.05, 0.1) is 6.04 Å². The summed E-state index contributed by atoms with van der Waals surface area (Å²) >= 11 is 3.45. The normalized spacial score (nSPS) is 12.5. The maximum absolute atomic E-state index is 14.3. The first-order valence-electron chi connectivity index (χ1n) is 6.33. The molecule has 0 saturated carbocycles. The predicted octanol–water partition coefficient (Wildman–Crippen LogP) is 4.65. The summed E-state index contributed by atoms with van der Waals surface area (Å²) in [5.74, 6) is -1.04. The molecular weight excluding hydrogens is 324 g/mol. The van der Waals surface area contributed by atoms with E-state index in [0.717, 1.165) is 15.6 Å². The van der Waals surface area contributed by atoms with Crippen LogP contribution in [0.2, 0.25) is 0 Å². The van der Waals surface area contributed by atoms with Gasteiger partial charge in [0.15, 0.2) is 0 Å². The minimum Gasteiger partial charge on any atom is -0.309 e. The largest absolute Gasteiger partial charge is 0.309 e. The Balaban J connectivity index is 2.64. The molecule has 1 N–H and O–H groups in total. The molecule has 0 spiro atoms. The first-order valence-corrected chi connectivity index (χ1v) is 7.12. The molecule has 0 aliphatic carbocycles. The fourth-order valence-corrected chi connectivity index (χ4v) is 2.76. The Morgan fingerprint density at radius 2 is 1.80 bits per heavy atom. The van der Waals surface area contributed by atoms with E-state index in [1.54, 1.807) is 14.0 Å². The molecule has 4 heteroatoms. The quantitative estimate of drug-likeness (QED) is 0.857. The van der Waals surface area contributed by atoms with Gasteiger partial charge in [-0.25, -0.2) is 8.78 Å². The molecule has 0 heterocycles. The molecule has 2 aromatic rings. The van der Waals surface area contributed by atoms with Crippen molar-refractivity contribution in [3.8, 4) is 0 Å². The lowest BCUT2D eigenvalue weighted by atomic mass is 9.95. The van der Waals surface area contributed by atoms with E-state index in [2.05, 4.69) is 21.2 Å². The van der Waals surface area contributed by atoms with Crippen LogP contribution in [0.25, 0.3) is 0 Å². The van der Waals surface area contributed by atoms with Crippen LogP contribution >= 0.6 is 15.9 Å². The molecular formula is C16H16BrF2N. The summed E-state index contributed by atoms with van der Waals surface area (Å²) in [6, 6.07) is 7.98. The zero-order valence-electron chi connectivity index (χ0n) is 11.6. The third-order valence-electron chi connectivity index (χ3n) is 3.36. The van der Waals surface area contributed by atoms with Crippen molar-refractivity contribution in [2.24, 2.45) is 0 Å². The van der Waals surface area contributed by atoms with Crippen molar-refractivity contribution in [3.63, 3.8) is 0 Å². The van der Waals surface area contributed by atoms with Crippen LogP contribution in [0, 0.1) is 25.5 Å². The number of hydrogen-bond donors (Lipinski definition) is 1. The minimum absolute atomic E-state index is 0.0544. The van der Waals surface area contributed by atoms with Gasteiger partial charge < -0.3 is 5.32 Å². The van der Waals surface area contributed by atoms with Crippen molar-refractivity contribution in [2.75, 3.05) is 7.05 Å². The molecule has 2 aromatic carbocycles. The summed E-state index contributed by atoms with van der Waals surface area (Å²) in [5, 5.41) is 3.00. The van der Waals surface area contributed by atoms with E-state index in [-0.39, 0.29) is 5.56 Å². The van der Waals surface area contributed by atoms with Crippen LogP contribution in [0.3, 0.4) is 0 Å². The van der Waals surface area contributed by atoms with Gasteiger partial charge in [0.2, 0.25) is 0 Å². The number of halogens is 3. The second-order valence-electron chi connectivity index (χ2n) is 4.84. The van der Waals surface area contributed by atoms with E-state index in [1.165, 1.54) is 12.1 Å². The first-order chi connectivity index (χ1) is 9.45. The van der Waals surface area contributed by atoms with E-state index < -0.39 is 17.7 Å². The summed E-state index contributed by atoms with van der Waals surface area (Å²) in [5.41, 5.74) is 2.34. The Morgan fingerprint density at radius 1 is 1.10 bits per heavy atom. The van der Waals surface area contributed by atoms with E-state index in [0.29, 0.717) is 5.56 Å². The average molecular weight is 340 g/mol. The van der Waals surface area contributed by atoms with Gasteiger partial charge >= 0.3 is 0 Å². The molecule has 2 rings (SSSR count). The van der Waals surface area contributed by atoms with Gasteiger partial charge in [-0.1, -0.05) is 39.7 Å². The van der Waals surface area contributed by atoms with Crippen LogP contribution in [0.15, 0.2) is 34.8 Å². The molecule has 0 amide bonds. The van der Waals surface area contributed by atoms with Gasteiger partial charge in [-0.2, -0.15) is 0 Å². The third-order valence-corrected chi connectivity index (χ3v) is 4.08. The fraction of sp³-hybridized carbons (Fsp3) is 0.250. The zero-order valence-corrected chi connectivity index (χ0v) is 13.2. The first kappa shape index (κ1) is 15.1. The van der Waals surface area contributed by atoms with Crippen molar-refractivity contribution in [1.82, 2.24) is 5.32 Å². The Bertz CT molecular complexity index is 641. The van der Waals surface area contributed by atoms with Gasteiger partial charge in [0, 0.05) is 10.0 Å². The number of rotatable bonds is 3. The minimum atomic E-state index is -0.541. The van der Waals surface area contributed by atoms with Crippen LogP contribution in [0.1, 0.15) is 28.3 Å². The Kier molecular flexibility index (Phi) is 4.55. The van der Waals surface area contributed by atoms with Crippen LogP contribution in [-0.2, 0) is 0 Å². The van der Waals surface area contributed by atoms with Crippen LogP contribution in [0.5, 0.6) is 0 Å². The highest BCUT2D eigenvalue weighted by molar-refractivity contribution is 9.10. The summed E-state index contributed by atoms with van der Waals surface area (Å²) < 4.78 is 29.2. The topological polar surface area (TPSA) is 12.0 Å². The lowest BCUT2D eigenvalue weighted by molar-refractivity contribution is 0.517. The van der Waals surface area contributed by atoms with Crippen molar-refractivity contribution < 1.29 is 8.78 Å². The maximum Gasteiger partial charge on any atom is 0.134 e. The Morgan fingerprint density at radius 3 is 2.45 bits per heavy atom. The van der Waals surface area contributed by atoms with Crippen molar-refractivity contribution in [1.29, 1.82) is 0 Å². The smallest absolute Gasteiger partial charge is 0.134 e. The number of nitrogens with one attached hydrogen (secondary N) is 1. The predicted molar refractivity (Wildman–Crippen MR) is 80.9 cm³/mol. The van der Waals surface area contributed by atoms with Gasteiger partial charge in [-0.05, 0) is 44.2 Å². The number of benzene rings is 2. The lowest BCUT2D eigenvalue weighted by Crippen LogP contribution is -2.21. The van der Waals surface area contributed by atoms with E-state index in [1.807, 2.05) is 25.1 Å². The molecule has 0 bridgehead atoms. The molecule has 20 heavy (non-hydrogen) atoms. The van der Waals surface area contributed by atoms with Crippen molar-refractivity contribution >= 4 is 15.9 Å². The molecule has 106 valence electrons. The zero-order chi connectivity index (χ0) is 14.9. The lowest BCUT2D eigenvalue weighted by Gasteiger charge is -2.21. The second-order valence-corrected chi connectivity index (χ2v) is 5.69. The van der Waals surface area contributed by atoms with E-state index in [9.17, 15) is 8.78 Å². The highest BCUT2D eigenvalue weighted by atomic mass is 79.9. The molecule has 0 fully saturated rings. The molecule has 0 aromatic heterocycles. The fourth-order valence-electron chi connectivity index (χ4n) is 2.28. The number of aryl methyl sites for hydroxylation is 2. The summed E-state index contributed by atoms with van der Waals surface area (Å²) in [6.45, 7) is 3.59. The second kappa shape index (κ2) is 6.02. The van der Waals surface area contributed by atoms with Gasteiger partial charge in [-0.15, -0.1) is 0 Å². The summed E-state index contributed by atoms with van der Waals surface area (Å²) in [6.07, 6.45) is 0. The molecule has 0 saturated heterocycles. The van der Waals surface area contributed by atoms with E-state index >= 15 is 0 Å². The Labute approximate surface area is 126 Å². The monoisotopic (exact) mass is 339 g/mol. The molecule has 1 nitrogen and oxygen atoms in total. The molecule has 1 unspecified atom stereocenters. The van der Waals surface area contributed by atoms with Gasteiger partial charge in [-0.3, -0.25) is 0 Å². The SMILES string of the molecule is CNC(c1cc(C)ccc1Br)c1c(F)ccc(C)c1F. The maximum atomic E-state index is 14.3. The summed E-state index contributed by atoms with van der Waals surface area (Å²) in [4.78, 5) is 0. The molecule has 0 aliphatic heterocycles. The van der Waals surface area contributed by atoms with Crippen LogP contribution in [-0.4, -0.2) is 7.05 Å². The molecule has 0 aliphatic rings. The molecule has 1 atom stereocenters. The standard InChI is InChI=1S/C16H16BrF2N/c1-9-4-6-12(17)11(8-9)16(20-3)14-13(18)7-5-10(2)15(14)19/h4-8,16,20H,1-3H3. The van der Waals surface area contributed by atoms with Gasteiger partial charge in [0.1, 0.15) is 11.6 Å². The Hall–Kier alpha value is -1.26. The third kappa shape index (κ3) is 2.76. The van der Waals surface area contributed by atoms with E-state index in [4.69, 9.17) is 0 Å². The number of hydrogen-bond acceptors (Lipinski definition) is 1. The van der Waals surface area contributed by atoms with Crippen LogP contribution < -0.4 is 5.32 Å². The highest BCUT2D eigenvalue weighted by Crippen LogP contribution is 2.33. The highest BCUT2D eigenvalue weighted by Gasteiger charge is 2.23. The van der Waals surface area contributed by atoms with Gasteiger partial charge in [0.25, 0.3) is 0 Å². The van der Waals surface area contributed by atoms with Crippen LogP contribution in [0.4, 0.5) is 8.78 Å². The average Bonchev–Trinajstić information content (AvgIpc) is 2.42.